The lowest BCUT2D eigenvalue weighted by atomic mass is 10.2. The minimum atomic E-state index is 0.0278. The third-order valence-corrected chi connectivity index (χ3v) is 3.44. The Labute approximate surface area is 142 Å². The van der Waals surface area contributed by atoms with Gasteiger partial charge in [-0.2, -0.15) is 0 Å². The average molecular weight is 325 g/mol. The van der Waals surface area contributed by atoms with Crippen molar-refractivity contribution < 1.29 is 9.53 Å². The summed E-state index contributed by atoms with van der Waals surface area (Å²) in [5, 5.41) is 6.10. The number of carbonyl (C=O) groups is 1. The van der Waals surface area contributed by atoms with E-state index < -0.39 is 0 Å². The van der Waals surface area contributed by atoms with Gasteiger partial charge in [0.1, 0.15) is 5.75 Å². The number of nitrogens with zero attached hydrogens (tertiary/aromatic N) is 1. The van der Waals surface area contributed by atoms with Crippen molar-refractivity contribution in [2.45, 2.75) is 13.0 Å². The van der Waals surface area contributed by atoms with Gasteiger partial charge < -0.3 is 15.4 Å². The molecule has 0 radical (unpaired) electrons. The van der Waals surface area contributed by atoms with Crippen LogP contribution in [0.15, 0.2) is 54.9 Å². The summed E-state index contributed by atoms with van der Waals surface area (Å²) in [5.74, 6) is 0.878. The third-order valence-electron chi connectivity index (χ3n) is 3.44. The van der Waals surface area contributed by atoms with Crippen molar-refractivity contribution in [3.05, 3.63) is 66.0 Å². The first kappa shape index (κ1) is 17.7. The first-order valence-corrected chi connectivity index (χ1v) is 7.95. The maximum Gasteiger partial charge on any atom is 0.221 e. The highest BCUT2D eigenvalue weighted by Gasteiger charge is 2.00. The lowest BCUT2D eigenvalue weighted by Gasteiger charge is -2.06. The second-order valence-corrected chi connectivity index (χ2v) is 5.24. The van der Waals surface area contributed by atoms with Crippen molar-refractivity contribution in [3.8, 4) is 5.75 Å². The fourth-order valence-electron chi connectivity index (χ4n) is 2.17. The largest absolute Gasteiger partial charge is 0.496 e. The van der Waals surface area contributed by atoms with Crippen LogP contribution in [-0.2, 0) is 11.3 Å². The zero-order valence-electron chi connectivity index (χ0n) is 13.9. The Morgan fingerprint density at radius 2 is 2.12 bits per heavy atom. The van der Waals surface area contributed by atoms with Gasteiger partial charge in [-0.15, -0.1) is 0 Å². The molecule has 0 aliphatic carbocycles. The number of hydrogen-bond donors (Lipinski definition) is 2. The molecule has 5 nitrogen and oxygen atoms in total. The minimum absolute atomic E-state index is 0.0278. The van der Waals surface area contributed by atoms with Crippen LogP contribution >= 0.6 is 0 Å². The topological polar surface area (TPSA) is 63.2 Å². The Morgan fingerprint density at radius 1 is 1.25 bits per heavy atom. The molecule has 0 fully saturated rings. The smallest absolute Gasteiger partial charge is 0.221 e. The van der Waals surface area contributed by atoms with Crippen LogP contribution in [0.4, 0.5) is 0 Å². The van der Waals surface area contributed by atoms with E-state index in [0.29, 0.717) is 26.1 Å². The highest BCUT2D eigenvalue weighted by molar-refractivity contribution is 5.76. The van der Waals surface area contributed by atoms with E-state index in [4.69, 9.17) is 4.74 Å². The minimum Gasteiger partial charge on any atom is -0.496 e. The van der Waals surface area contributed by atoms with Gasteiger partial charge in [0.2, 0.25) is 5.91 Å². The van der Waals surface area contributed by atoms with Crippen molar-refractivity contribution in [2.24, 2.45) is 0 Å². The van der Waals surface area contributed by atoms with Gasteiger partial charge in [0.25, 0.3) is 0 Å². The molecule has 0 bridgehead atoms. The van der Waals surface area contributed by atoms with E-state index in [0.717, 1.165) is 16.9 Å². The third kappa shape index (κ3) is 6.22. The number of amides is 1. The highest BCUT2D eigenvalue weighted by atomic mass is 16.5. The van der Waals surface area contributed by atoms with Crippen LogP contribution < -0.4 is 15.4 Å². The van der Waals surface area contributed by atoms with E-state index in [9.17, 15) is 4.79 Å². The predicted molar refractivity (Wildman–Crippen MR) is 95.6 cm³/mol. The lowest BCUT2D eigenvalue weighted by Crippen LogP contribution is -2.27. The molecule has 0 atom stereocenters. The first-order chi connectivity index (χ1) is 11.8. The van der Waals surface area contributed by atoms with Gasteiger partial charge in [0.05, 0.1) is 7.11 Å². The van der Waals surface area contributed by atoms with Gasteiger partial charge in [0.15, 0.2) is 0 Å². The number of para-hydroxylation sites is 1. The Hall–Kier alpha value is -2.66. The molecule has 1 aromatic carbocycles. The van der Waals surface area contributed by atoms with Crippen LogP contribution in [-0.4, -0.2) is 31.1 Å². The second kappa shape index (κ2) is 10.2. The first-order valence-electron chi connectivity index (χ1n) is 7.95. The lowest BCUT2D eigenvalue weighted by molar-refractivity contribution is -0.121. The van der Waals surface area contributed by atoms with E-state index in [1.807, 2.05) is 48.6 Å². The second-order valence-electron chi connectivity index (χ2n) is 5.24. The van der Waals surface area contributed by atoms with Crippen molar-refractivity contribution >= 4 is 12.0 Å². The predicted octanol–water partition coefficient (Wildman–Crippen LogP) is 2.40. The molecule has 5 heteroatoms. The van der Waals surface area contributed by atoms with E-state index in [1.54, 1.807) is 19.5 Å². The molecule has 0 spiro atoms. The molecule has 2 aromatic rings. The summed E-state index contributed by atoms with van der Waals surface area (Å²) in [4.78, 5) is 15.8. The molecular formula is C19H23N3O2. The number of ether oxygens (including phenoxy) is 1. The standard InChI is InChI=1S/C19H23N3O2/c1-24-18-9-3-2-7-17(18)8-5-11-20-13-10-19(23)22-15-16-6-4-12-21-14-16/h2-9,12,14,20H,10-11,13,15H2,1H3,(H,22,23)/b8-5+. The van der Waals surface area contributed by atoms with Crippen molar-refractivity contribution in [2.75, 3.05) is 20.2 Å². The normalized spacial score (nSPS) is 10.7. The van der Waals surface area contributed by atoms with Crippen LogP contribution in [0.3, 0.4) is 0 Å². The summed E-state index contributed by atoms with van der Waals surface area (Å²) in [6.07, 6.45) is 7.94. The van der Waals surface area contributed by atoms with Gasteiger partial charge in [-0.05, 0) is 17.7 Å². The van der Waals surface area contributed by atoms with Crippen LogP contribution in [0, 0.1) is 0 Å². The number of aromatic nitrogens is 1. The van der Waals surface area contributed by atoms with E-state index in [1.165, 1.54) is 0 Å². The molecule has 0 saturated carbocycles. The molecule has 2 rings (SSSR count). The summed E-state index contributed by atoms with van der Waals surface area (Å²) in [6.45, 7) is 1.85. The molecule has 0 aliphatic heterocycles. The quantitative estimate of drug-likeness (QED) is 0.695. The monoisotopic (exact) mass is 325 g/mol. The number of methoxy groups -OCH3 is 1. The number of rotatable bonds is 9. The Morgan fingerprint density at radius 3 is 2.92 bits per heavy atom. The number of nitrogens with one attached hydrogen (secondary N) is 2. The van der Waals surface area contributed by atoms with E-state index in [2.05, 4.69) is 15.6 Å². The van der Waals surface area contributed by atoms with Crippen molar-refractivity contribution in [1.29, 1.82) is 0 Å². The molecule has 0 aliphatic rings. The molecule has 0 unspecified atom stereocenters. The SMILES string of the molecule is COc1ccccc1/C=C/CNCCC(=O)NCc1cccnc1. The molecular weight excluding hydrogens is 302 g/mol. The van der Waals surface area contributed by atoms with Crippen molar-refractivity contribution in [1.82, 2.24) is 15.6 Å². The number of benzene rings is 1. The molecule has 24 heavy (non-hydrogen) atoms. The molecule has 2 N–H and O–H groups in total. The molecule has 1 heterocycles. The van der Waals surface area contributed by atoms with Gasteiger partial charge in [-0.25, -0.2) is 0 Å². The molecule has 1 amide bonds. The summed E-state index contributed by atoms with van der Waals surface area (Å²) >= 11 is 0. The maximum absolute atomic E-state index is 11.7. The Bertz CT molecular complexity index is 657. The van der Waals surface area contributed by atoms with Crippen LogP contribution in [0.25, 0.3) is 6.08 Å². The van der Waals surface area contributed by atoms with Crippen LogP contribution in [0.2, 0.25) is 0 Å². The summed E-state index contributed by atoms with van der Waals surface area (Å²) in [5.41, 5.74) is 2.04. The number of carbonyl (C=O) groups excluding carboxylic acids is 1. The molecule has 1 aromatic heterocycles. The zero-order valence-corrected chi connectivity index (χ0v) is 13.9. The Kier molecular flexibility index (Phi) is 7.50. The van der Waals surface area contributed by atoms with Gasteiger partial charge in [-0.1, -0.05) is 36.4 Å². The fraction of sp³-hybridized carbons (Fsp3) is 0.263. The summed E-state index contributed by atoms with van der Waals surface area (Å²) < 4.78 is 5.29. The van der Waals surface area contributed by atoms with Gasteiger partial charge in [-0.3, -0.25) is 9.78 Å². The molecule has 126 valence electrons. The maximum atomic E-state index is 11.7. The number of pyridine rings is 1. The molecule has 0 saturated heterocycles. The highest BCUT2D eigenvalue weighted by Crippen LogP contribution is 2.18. The number of hydrogen-bond acceptors (Lipinski definition) is 4. The fourth-order valence-corrected chi connectivity index (χ4v) is 2.17. The van der Waals surface area contributed by atoms with Gasteiger partial charge >= 0.3 is 0 Å². The average Bonchev–Trinajstić information content (AvgIpc) is 2.64. The van der Waals surface area contributed by atoms with Crippen molar-refractivity contribution in [3.63, 3.8) is 0 Å². The van der Waals surface area contributed by atoms with Gasteiger partial charge in [0, 0.05) is 44.0 Å². The van der Waals surface area contributed by atoms with Crippen LogP contribution in [0.1, 0.15) is 17.5 Å². The summed E-state index contributed by atoms with van der Waals surface area (Å²) in [7, 11) is 1.66. The van der Waals surface area contributed by atoms with E-state index >= 15 is 0 Å². The Balaban J connectivity index is 1.60. The van der Waals surface area contributed by atoms with E-state index in [-0.39, 0.29) is 5.91 Å². The van der Waals surface area contributed by atoms with Crippen LogP contribution in [0.5, 0.6) is 5.75 Å². The summed E-state index contributed by atoms with van der Waals surface area (Å²) in [6, 6.07) is 11.6. The zero-order chi connectivity index (χ0) is 17.0.